The average Bonchev–Trinajstić information content (AvgIpc) is 2.76. The third kappa shape index (κ3) is 1.52. The van der Waals surface area contributed by atoms with Gasteiger partial charge < -0.3 is 10.4 Å². The van der Waals surface area contributed by atoms with E-state index in [1.807, 2.05) is 12.2 Å². The second-order valence-corrected chi connectivity index (χ2v) is 4.55. The van der Waals surface area contributed by atoms with Crippen LogP contribution in [0.3, 0.4) is 0 Å². The van der Waals surface area contributed by atoms with Gasteiger partial charge in [0.25, 0.3) is 0 Å². The molecule has 0 fully saturated rings. The van der Waals surface area contributed by atoms with Gasteiger partial charge in [0.05, 0.1) is 0 Å². The molecule has 1 aliphatic heterocycles. The van der Waals surface area contributed by atoms with Crippen LogP contribution in [0.4, 0.5) is 10.1 Å². The standard InChI is InChI=1S/C13H12FNO2/c14-7-4-5-11-10(6-7)8-2-1-3-9(8)12(15-11)13(16)17/h1-2,4-6,8-9,12,15H,3H2,(H,16,17)/t8-,9+,12-/m1/s1. The zero-order valence-electron chi connectivity index (χ0n) is 9.06. The number of halogens is 1. The number of rotatable bonds is 1. The molecule has 88 valence electrons. The van der Waals surface area contributed by atoms with E-state index in [0.29, 0.717) is 0 Å². The maximum atomic E-state index is 13.2. The van der Waals surface area contributed by atoms with E-state index < -0.39 is 12.0 Å². The highest BCUT2D eigenvalue weighted by molar-refractivity contribution is 5.80. The molecular formula is C13H12FNO2. The maximum Gasteiger partial charge on any atom is 0.326 e. The molecule has 2 N–H and O–H groups in total. The van der Waals surface area contributed by atoms with Gasteiger partial charge in [0.15, 0.2) is 0 Å². The summed E-state index contributed by atoms with van der Waals surface area (Å²) in [5.41, 5.74) is 1.59. The molecule has 3 atom stereocenters. The average molecular weight is 233 g/mol. The van der Waals surface area contributed by atoms with Crippen molar-refractivity contribution in [2.24, 2.45) is 5.92 Å². The van der Waals surface area contributed by atoms with Gasteiger partial charge in [0.1, 0.15) is 11.9 Å². The fraction of sp³-hybridized carbons (Fsp3) is 0.308. The van der Waals surface area contributed by atoms with E-state index >= 15 is 0 Å². The van der Waals surface area contributed by atoms with E-state index in [1.165, 1.54) is 12.1 Å². The highest BCUT2D eigenvalue weighted by Gasteiger charge is 2.40. The molecule has 4 heteroatoms. The van der Waals surface area contributed by atoms with E-state index in [9.17, 15) is 14.3 Å². The zero-order valence-corrected chi connectivity index (χ0v) is 9.06. The second kappa shape index (κ2) is 3.58. The molecule has 3 nitrogen and oxygen atoms in total. The summed E-state index contributed by atoms with van der Waals surface area (Å²) in [5, 5.41) is 12.2. The number of hydrogen-bond donors (Lipinski definition) is 2. The molecule has 0 radical (unpaired) electrons. The van der Waals surface area contributed by atoms with E-state index in [-0.39, 0.29) is 17.7 Å². The van der Waals surface area contributed by atoms with Crippen molar-refractivity contribution in [1.29, 1.82) is 0 Å². The van der Waals surface area contributed by atoms with Crippen LogP contribution >= 0.6 is 0 Å². The molecule has 1 aliphatic carbocycles. The highest BCUT2D eigenvalue weighted by atomic mass is 19.1. The Morgan fingerprint density at radius 3 is 3.06 bits per heavy atom. The monoisotopic (exact) mass is 233 g/mol. The van der Waals surface area contributed by atoms with Crippen LogP contribution in [0.1, 0.15) is 17.9 Å². The van der Waals surface area contributed by atoms with Crippen molar-refractivity contribution >= 4 is 11.7 Å². The molecule has 17 heavy (non-hydrogen) atoms. The predicted molar refractivity (Wildman–Crippen MR) is 61.4 cm³/mol. The lowest BCUT2D eigenvalue weighted by Crippen LogP contribution is -2.41. The minimum atomic E-state index is -0.848. The number of nitrogens with one attached hydrogen (secondary N) is 1. The number of allylic oxidation sites excluding steroid dienone is 2. The third-order valence-corrected chi connectivity index (χ3v) is 3.59. The molecule has 0 aromatic heterocycles. The van der Waals surface area contributed by atoms with Crippen LogP contribution in [0.2, 0.25) is 0 Å². The fourth-order valence-electron chi connectivity index (χ4n) is 2.81. The molecule has 0 unspecified atom stereocenters. The minimum absolute atomic E-state index is 0.0122. The summed E-state index contributed by atoms with van der Waals surface area (Å²) in [6.45, 7) is 0. The van der Waals surface area contributed by atoms with Gasteiger partial charge in [-0.3, -0.25) is 0 Å². The van der Waals surface area contributed by atoms with Crippen molar-refractivity contribution in [3.05, 3.63) is 41.7 Å². The third-order valence-electron chi connectivity index (χ3n) is 3.59. The van der Waals surface area contributed by atoms with Crippen LogP contribution in [-0.2, 0) is 4.79 Å². The normalized spacial score (nSPS) is 29.4. The lowest BCUT2D eigenvalue weighted by molar-refractivity contribution is -0.139. The van der Waals surface area contributed by atoms with Gasteiger partial charge in [0.2, 0.25) is 0 Å². The molecular weight excluding hydrogens is 221 g/mol. The zero-order chi connectivity index (χ0) is 12.0. The summed E-state index contributed by atoms with van der Waals surface area (Å²) >= 11 is 0. The van der Waals surface area contributed by atoms with Crippen molar-refractivity contribution in [3.63, 3.8) is 0 Å². The van der Waals surface area contributed by atoms with Crippen LogP contribution in [0.15, 0.2) is 30.4 Å². The SMILES string of the molecule is O=C(O)[C@@H]1Nc2ccc(F)cc2[C@@H]2C=CC[C@H]12. The quantitative estimate of drug-likeness (QED) is 0.732. The molecule has 0 saturated carbocycles. The Balaban J connectivity index is 2.09. The van der Waals surface area contributed by atoms with Gasteiger partial charge in [0, 0.05) is 17.5 Å². The number of fused-ring (bicyclic) bond motifs is 3. The lowest BCUT2D eigenvalue weighted by atomic mass is 9.79. The molecule has 0 bridgehead atoms. The molecule has 2 aliphatic rings. The molecule has 0 saturated heterocycles. The largest absolute Gasteiger partial charge is 0.480 e. The Morgan fingerprint density at radius 2 is 2.29 bits per heavy atom. The van der Waals surface area contributed by atoms with Crippen molar-refractivity contribution in [1.82, 2.24) is 0 Å². The first-order valence-electron chi connectivity index (χ1n) is 5.62. The van der Waals surface area contributed by atoms with E-state index in [1.54, 1.807) is 6.07 Å². The first kappa shape index (κ1) is 10.3. The Kier molecular flexibility index (Phi) is 2.18. The molecule has 3 rings (SSSR count). The maximum absolute atomic E-state index is 13.2. The smallest absolute Gasteiger partial charge is 0.326 e. The molecule has 1 heterocycles. The van der Waals surface area contributed by atoms with Gasteiger partial charge in [-0.05, 0) is 30.2 Å². The summed E-state index contributed by atoms with van der Waals surface area (Å²) in [7, 11) is 0. The van der Waals surface area contributed by atoms with E-state index in [4.69, 9.17) is 0 Å². The van der Waals surface area contributed by atoms with Crippen LogP contribution < -0.4 is 5.32 Å². The Bertz CT molecular complexity index is 512. The number of carboxylic acids is 1. The van der Waals surface area contributed by atoms with Crippen LogP contribution in [0, 0.1) is 11.7 Å². The Hall–Kier alpha value is -1.84. The number of hydrogen-bond acceptors (Lipinski definition) is 2. The van der Waals surface area contributed by atoms with Gasteiger partial charge in [-0.15, -0.1) is 0 Å². The van der Waals surface area contributed by atoms with Crippen molar-refractivity contribution in [3.8, 4) is 0 Å². The van der Waals surface area contributed by atoms with Crippen LogP contribution in [0.25, 0.3) is 0 Å². The van der Waals surface area contributed by atoms with Gasteiger partial charge in [-0.1, -0.05) is 12.2 Å². The first-order chi connectivity index (χ1) is 8.16. The number of aliphatic carboxylic acids is 1. The number of carbonyl (C=O) groups is 1. The van der Waals surface area contributed by atoms with Gasteiger partial charge in [-0.25, -0.2) is 9.18 Å². The molecule has 1 aromatic carbocycles. The minimum Gasteiger partial charge on any atom is -0.480 e. The van der Waals surface area contributed by atoms with Crippen molar-refractivity contribution in [2.45, 2.75) is 18.4 Å². The van der Waals surface area contributed by atoms with Gasteiger partial charge >= 0.3 is 5.97 Å². The van der Waals surface area contributed by atoms with E-state index in [0.717, 1.165) is 17.7 Å². The van der Waals surface area contributed by atoms with E-state index in [2.05, 4.69) is 5.32 Å². The van der Waals surface area contributed by atoms with Crippen molar-refractivity contribution in [2.75, 3.05) is 5.32 Å². The predicted octanol–water partition coefficient (Wildman–Crippen LogP) is 2.36. The first-order valence-corrected chi connectivity index (χ1v) is 5.62. The molecule has 1 aromatic rings. The summed E-state index contributed by atoms with van der Waals surface area (Å²) < 4.78 is 13.2. The fourth-order valence-corrected chi connectivity index (χ4v) is 2.81. The second-order valence-electron chi connectivity index (χ2n) is 4.55. The summed E-state index contributed by atoms with van der Waals surface area (Å²) in [6.07, 6.45) is 4.69. The van der Waals surface area contributed by atoms with Crippen LogP contribution in [-0.4, -0.2) is 17.1 Å². The number of anilines is 1. The molecule has 0 spiro atoms. The number of benzene rings is 1. The summed E-state index contributed by atoms with van der Waals surface area (Å²) in [5.74, 6) is -1.12. The number of carboxylic acid groups (broad SMARTS) is 1. The van der Waals surface area contributed by atoms with Crippen LogP contribution in [0.5, 0.6) is 0 Å². The molecule has 0 amide bonds. The summed E-state index contributed by atoms with van der Waals surface area (Å²) in [6, 6.07) is 3.87. The summed E-state index contributed by atoms with van der Waals surface area (Å²) in [4.78, 5) is 11.2. The Morgan fingerprint density at radius 1 is 1.47 bits per heavy atom. The van der Waals surface area contributed by atoms with Crippen molar-refractivity contribution < 1.29 is 14.3 Å². The Labute approximate surface area is 98.0 Å². The lowest BCUT2D eigenvalue weighted by Gasteiger charge is -2.34. The highest BCUT2D eigenvalue weighted by Crippen LogP contribution is 2.44. The topological polar surface area (TPSA) is 49.3 Å². The van der Waals surface area contributed by atoms with Gasteiger partial charge in [-0.2, -0.15) is 0 Å².